The molecule has 0 saturated carbocycles. The van der Waals surface area contributed by atoms with E-state index in [0.717, 1.165) is 38.8 Å². The third-order valence-corrected chi connectivity index (χ3v) is 5.48. The Bertz CT molecular complexity index is 972. The van der Waals surface area contributed by atoms with Gasteiger partial charge in [-0.2, -0.15) is 0 Å². The lowest BCUT2D eigenvalue weighted by molar-refractivity contribution is -0.384. The molecule has 7 nitrogen and oxygen atoms in total. The van der Waals surface area contributed by atoms with Crippen LogP contribution in [0.2, 0.25) is 10.0 Å². The van der Waals surface area contributed by atoms with Gasteiger partial charge in [-0.05, 0) is 43.2 Å². The highest BCUT2D eigenvalue weighted by Gasteiger charge is 2.23. The van der Waals surface area contributed by atoms with E-state index in [1.54, 1.807) is 6.07 Å². The van der Waals surface area contributed by atoms with Crippen LogP contribution in [0.25, 0.3) is 0 Å². The Balaban J connectivity index is 1.74. The van der Waals surface area contributed by atoms with Gasteiger partial charge in [-0.15, -0.1) is 0 Å². The van der Waals surface area contributed by atoms with E-state index in [-0.39, 0.29) is 21.8 Å². The monoisotopic (exact) mass is 450 g/mol. The average molecular weight is 451 g/mol. The van der Waals surface area contributed by atoms with Gasteiger partial charge in [0, 0.05) is 29.7 Å². The maximum atomic E-state index is 12.4. The van der Waals surface area contributed by atoms with Crippen LogP contribution in [0.5, 0.6) is 0 Å². The fourth-order valence-electron chi connectivity index (χ4n) is 3.38. The van der Waals surface area contributed by atoms with Crippen LogP contribution >= 0.6 is 23.2 Å². The molecule has 3 rings (SSSR count). The van der Waals surface area contributed by atoms with Crippen molar-refractivity contribution in [1.29, 1.82) is 0 Å². The first kappa shape index (κ1) is 22.1. The molecule has 158 valence electrons. The number of halogens is 2. The summed E-state index contributed by atoms with van der Waals surface area (Å²) >= 11 is 11.9. The summed E-state index contributed by atoms with van der Waals surface area (Å²) < 4.78 is 5.05. The molecule has 0 N–H and O–H groups in total. The second-order valence-corrected chi connectivity index (χ2v) is 7.83. The zero-order valence-corrected chi connectivity index (χ0v) is 17.6. The summed E-state index contributed by atoms with van der Waals surface area (Å²) in [5, 5.41) is 12.1. The molecule has 0 unspecified atom stereocenters. The van der Waals surface area contributed by atoms with E-state index in [2.05, 4.69) is 0 Å². The summed E-state index contributed by atoms with van der Waals surface area (Å²) in [4.78, 5) is 37.7. The molecule has 0 aromatic heterocycles. The number of hydrogen-bond donors (Lipinski definition) is 0. The number of ether oxygens (including phenoxy) is 1. The van der Waals surface area contributed by atoms with E-state index >= 15 is 0 Å². The number of esters is 1. The quantitative estimate of drug-likeness (QED) is 0.256. The predicted octanol–water partition coefficient (Wildman–Crippen LogP) is 5.32. The maximum Gasteiger partial charge on any atom is 0.338 e. The number of anilines is 1. The minimum Gasteiger partial charge on any atom is -0.454 e. The van der Waals surface area contributed by atoms with Crippen molar-refractivity contribution in [2.75, 3.05) is 24.6 Å². The SMILES string of the molecule is O=C(OCC(=O)c1cc(Cl)ccc1Cl)c1ccc(N2CCCCCC2)c([N+](=O)[O-])c1. The van der Waals surface area contributed by atoms with E-state index < -0.39 is 23.3 Å². The minimum atomic E-state index is -0.827. The molecule has 0 bridgehead atoms. The molecule has 1 saturated heterocycles. The van der Waals surface area contributed by atoms with Gasteiger partial charge in [0.1, 0.15) is 5.69 Å². The lowest BCUT2D eigenvalue weighted by atomic mass is 10.1. The van der Waals surface area contributed by atoms with E-state index in [4.69, 9.17) is 27.9 Å². The lowest BCUT2D eigenvalue weighted by Gasteiger charge is -2.22. The second-order valence-electron chi connectivity index (χ2n) is 6.99. The highest BCUT2D eigenvalue weighted by molar-refractivity contribution is 6.36. The Hall–Kier alpha value is -2.64. The molecular formula is C21H20Cl2N2O5. The Morgan fingerprint density at radius 2 is 1.73 bits per heavy atom. The maximum absolute atomic E-state index is 12.4. The molecular weight excluding hydrogens is 431 g/mol. The van der Waals surface area contributed by atoms with Gasteiger partial charge in [-0.1, -0.05) is 36.0 Å². The molecule has 2 aromatic carbocycles. The smallest absolute Gasteiger partial charge is 0.338 e. The van der Waals surface area contributed by atoms with Crippen LogP contribution in [0.4, 0.5) is 11.4 Å². The van der Waals surface area contributed by atoms with Crippen LogP contribution in [0.1, 0.15) is 46.4 Å². The number of nitro groups is 1. The molecule has 0 radical (unpaired) electrons. The predicted molar refractivity (Wildman–Crippen MR) is 115 cm³/mol. The van der Waals surface area contributed by atoms with E-state index in [1.807, 2.05) is 4.90 Å². The van der Waals surface area contributed by atoms with E-state index in [0.29, 0.717) is 10.7 Å². The molecule has 0 atom stereocenters. The molecule has 0 amide bonds. The van der Waals surface area contributed by atoms with Crippen LogP contribution in [0, 0.1) is 10.1 Å². The number of carbonyl (C=O) groups is 2. The Labute approximate surface area is 183 Å². The normalized spacial score (nSPS) is 14.1. The zero-order valence-electron chi connectivity index (χ0n) is 16.1. The Kier molecular flexibility index (Phi) is 7.29. The number of nitro benzene ring substituents is 1. The van der Waals surface area contributed by atoms with Crippen LogP contribution in [-0.2, 0) is 4.74 Å². The van der Waals surface area contributed by atoms with Crippen molar-refractivity contribution in [3.63, 3.8) is 0 Å². The van der Waals surface area contributed by atoms with Gasteiger partial charge in [0.05, 0.1) is 15.5 Å². The third-order valence-electron chi connectivity index (χ3n) is 4.92. The summed E-state index contributed by atoms with van der Waals surface area (Å²) in [6.07, 6.45) is 4.13. The van der Waals surface area contributed by atoms with Gasteiger partial charge in [-0.25, -0.2) is 4.79 Å². The Morgan fingerprint density at radius 1 is 1.03 bits per heavy atom. The van der Waals surface area contributed by atoms with Gasteiger partial charge in [0.15, 0.2) is 6.61 Å². The number of benzene rings is 2. The minimum absolute atomic E-state index is 0.00487. The molecule has 2 aromatic rings. The van der Waals surface area contributed by atoms with Crippen LogP contribution in [0.15, 0.2) is 36.4 Å². The van der Waals surface area contributed by atoms with Gasteiger partial charge >= 0.3 is 5.97 Å². The van der Waals surface area contributed by atoms with Gasteiger partial charge in [0.2, 0.25) is 5.78 Å². The van der Waals surface area contributed by atoms with Crippen molar-refractivity contribution in [1.82, 2.24) is 0 Å². The molecule has 1 heterocycles. The first-order valence-corrected chi connectivity index (χ1v) is 10.3. The highest BCUT2D eigenvalue weighted by Crippen LogP contribution is 2.31. The zero-order chi connectivity index (χ0) is 21.7. The summed E-state index contributed by atoms with van der Waals surface area (Å²) in [6.45, 7) is 0.916. The van der Waals surface area contributed by atoms with Crippen LogP contribution < -0.4 is 4.90 Å². The number of nitrogens with zero attached hydrogens (tertiary/aromatic N) is 2. The molecule has 1 aliphatic rings. The molecule has 0 spiro atoms. The first-order valence-electron chi connectivity index (χ1n) is 9.55. The second kappa shape index (κ2) is 9.91. The van der Waals surface area contributed by atoms with Crippen LogP contribution in [-0.4, -0.2) is 36.4 Å². The third kappa shape index (κ3) is 5.29. The number of hydrogen-bond acceptors (Lipinski definition) is 6. The molecule has 30 heavy (non-hydrogen) atoms. The number of rotatable bonds is 6. The summed E-state index contributed by atoms with van der Waals surface area (Å²) in [7, 11) is 0. The molecule has 1 fully saturated rings. The van der Waals surface area contributed by atoms with Crippen molar-refractivity contribution in [3.8, 4) is 0 Å². The number of ketones is 1. The van der Waals surface area contributed by atoms with Crippen molar-refractivity contribution in [2.45, 2.75) is 25.7 Å². The molecule has 9 heteroatoms. The van der Waals surface area contributed by atoms with E-state index in [1.165, 1.54) is 30.3 Å². The van der Waals surface area contributed by atoms with Crippen LogP contribution in [0.3, 0.4) is 0 Å². The van der Waals surface area contributed by atoms with Crippen molar-refractivity contribution in [3.05, 3.63) is 67.7 Å². The summed E-state index contributed by atoms with van der Waals surface area (Å²) in [5.74, 6) is -1.35. The number of Topliss-reactive ketones (excluding diaryl/α,β-unsaturated/α-hetero) is 1. The molecule has 1 aliphatic heterocycles. The number of carbonyl (C=O) groups excluding carboxylic acids is 2. The summed E-state index contributed by atoms with van der Waals surface area (Å²) in [6, 6.07) is 8.64. The first-order chi connectivity index (χ1) is 14.4. The van der Waals surface area contributed by atoms with Crippen molar-refractivity contribution < 1.29 is 19.2 Å². The fraction of sp³-hybridized carbons (Fsp3) is 0.333. The highest BCUT2D eigenvalue weighted by atomic mass is 35.5. The summed E-state index contributed by atoms with van der Waals surface area (Å²) in [5.41, 5.74) is 0.473. The van der Waals surface area contributed by atoms with E-state index in [9.17, 15) is 19.7 Å². The topological polar surface area (TPSA) is 89.8 Å². The van der Waals surface area contributed by atoms with Gasteiger partial charge in [-0.3, -0.25) is 14.9 Å². The standard InChI is InChI=1S/C21H20Cl2N2O5/c22-15-6-7-17(23)16(12-15)20(26)13-30-21(27)14-5-8-18(19(11-14)25(28)29)24-9-3-1-2-4-10-24/h5-8,11-12H,1-4,9-10,13H2. The molecule has 0 aliphatic carbocycles. The van der Waals surface area contributed by atoms with Crippen molar-refractivity contribution in [2.24, 2.45) is 0 Å². The van der Waals surface area contributed by atoms with Crippen molar-refractivity contribution >= 4 is 46.3 Å². The lowest BCUT2D eigenvalue weighted by Crippen LogP contribution is -2.25. The van der Waals surface area contributed by atoms with Gasteiger partial charge < -0.3 is 9.64 Å². The fourth-order valence-corrected chi connectivity index (χ4v) is 3.77. The average Bonchev–Trinajstić information content (AvgIpc) is 3.02. The Morgan fingerprint density at radius 3 is 2.40 bits per heavy atom. The largest absolute Gasteiger partial charge is 0.454 e. The van der Waals surface area contributed by atoms with Gasteiger partial charge in [0.25, 0.3) is 5.69 Å².